The van der Waals surface area contributed by atoms with Gasteiger partial charge in [-0.15, -0.1) is 0 Å². The fourth-order valence-corrected chi connectivity index (χ4v) is 2.29. The van der Waals surface area contributed by atoms with Crippen LogP contribution in [0.2, 0.25) is 0 Å². The van der Waals surface area contributed by atoms with Crippen molar-refractivity contribution in [1.29, 1.82) is 0 Å². The number of allylic oxidation sites excluding steroid dienone is 6. The van der Waals surface area contributed by atoms with Gasteiger partial charge in [-0.2, -0.15) is 0 Å². The van der Waals surface area contributed by atoms with E-state index in [-0.39, 0.29) is 17.4 Å². The Hall–Kier alpha value is -3.00. The molecule has 0 unspecified atom stereocenters. The average Bonchev–Trinajstić information content (AvgIpc) is 3.48. The molecule has 7 nitrogen and oxygen atoms in total. The largest absolute Gasteiger partial charge is 0.402 e. The van der Waals surface area contributed by atoms with E-state index in [4.69, 9.17) is 10.9 Å². The van der Waals surface area contributed by atoms with E-state index in [1.54, 1.807) is 32.1 Å². The van der Waals surface area contributed by atoms with Crippen LogP contribution in [0.1, 0.15) is 38.1 Å². The number of anilines is 1. The summed E-state index contributed by atoms with van der Waals surface area (Å²) in [5.41, 5.74) is 8.75. The maximum Gasteiger partial charge on any atom is 0.228 e. The van der Waals surface area contributed by atoms with Crippen molar-refractivity contribution in [1.82, 2.24) is 15.4 Å². The number of hydroxylamine groups is 1. The number of aromatic nitrogens is 2. The van der Waals surface area contributed by atoms with Crippen LogP contribution in [0.3, 0.4) is 0 Å². The highest BCUT2D eigenvalue weighted by Crippen LogP contribution is 2.31. The van der Waals surface area contributed by atoms with E-state index in [1.807, 2.05) is 5.48 Å². The lowest BCUT2D eigenvalue weighted by Gasteiger charge is -2.12. The van der Waals surface area contributed by atoms with Crippen LogP contribution in [-0.2, 0) is 4.79 Å². The van der Waals surface area contributed by atoms with Gasteiger partial charge in [-0.3, -0.25) is 20.5 Å². The lowest BCUT2D eigenvalue weighted by Crippen LogP contribution is -2.15. The standard InChI is InChI=1S/C18H22FN5O2/c1-3-13(14(19)9-20)17-16(11(2)5-4-8-22-26)23-15(10-21-17)24-18(25)12-6-7-12/h3-5,8-10,12,22,26H,6-7,20H2,1-2H3,(H,23,24,25)/b8-4-,11-5+,13-3+,14-9+. The van der Waals surface area contributed by atoms with Crippen molar-refractivity contribution in [2.75, 3.05) is 5.32 Å². The average molecular weight is 359 g/mol. The molecule has 0 radical (unpaired) electrons. The minimum absolute atomic E-state index is 0.0267. The van der Waals surface area contributed by atoms with E-state index < -0.39 is 5.83 Å². The molecule has 2 rings (SSSR count). The molecule has 1 fully saturated rings. The van der Waals surface area contributed by atoms with Gasteiger partial charge in [0.25, 0.3) is 0 Å². The van der Waals surface area contributed by atoms with Crippen LogP contribution in [0.4, 0.5) is 10.2 Å². The number of halogens is 1. The SMILES string of the molecule is C/C=C(\C(F)=C/N)c1ncc(NC(=O)C2CC2)nc1/C(C)=C/C=C\NO. The first-order valence-electron chi connectivity index (χ1n) is 8.17. The molecule has 1 aliphatic rings. The maximum absolute atomic E-state index is 14.1. The van der Waals surface area contributed by atoms with Gasteiger partial charge in [0, 0.05) is 23.9 Å². The fourth-order valence-electron chi connectivity index (χ4n) is 2.29. The zero-order chi connectivity index (χ0) is 19.1. The van der Waals surface area contributed by atoms with Crippen molar-refractivity contribution in [2.24, 2.45) is 11.7 Å². The van der Waals surface area contributed by atoms with E-state index in [1.165, 1.54) is 12.4 Å². The quantitative estimate of drug-likeness (QED) is 0.440. The summed E-state index contributed by atoms with van der Waals surface area (Å²) in [7, 11) is 0. The molecular formula is C18H22FN5O2. The first kappa shape index (κ1) is 19.3. The summed E-state index contributed by atoms with van der Waals surface area (Å²) in [5, 5.41) is 11.3. The molecule has 0 aromatic carbocycles. The number of amides is 1. The van der Waals surface area contributed by atoms with Gasteiger partial charge in [0.2, 0.25) is 5.91 Å². The highest BCUT2D eigenvalue weighted by molar-refractivity contribution is 5.93. The van der Waals surface area contributed by atoms with E-state index in [2.05, 4.69) is 15.3 Å². The molecule has 1 aromatic heterocycles. The molecule has 1 amide bonds. The Morgan fingerprint density at radius 3 is 2.73 bits per heavy atom. The fraction of sp³-hybridized carbons (Fsp3) is 0.278. The third kappa shape index (κ3) is 4.76. The van der Waals surface area contributed by atoms with Crippen LogP contribution in [-0.4, -0.2) is 21.1 Å². The summed E-state index contributed by atoms with van der Waals surface area (Å²) in [6.07, 6.45) is 10.1. The van der Waals surface area contributed by atoms with Gasteiger partial charge in [0.1, 0.15) is 5.83 Å². The molecule has 1 saturated carbocycles. The Morgan fingerprint density at radius 2 is 2.15 bits per heavy atom. The monoisotopic (exact) mass is 359 g/mol. The van der Waals surface area contributed by atoms with Crippen LogP contribution < -0.4 is 16.5 Å². The Labute approximate surface area is 151 Å². The van der Waals surface area contributed by atoms with Gasteiger partial charge in [-0.05, 0) is 38.3 Å². The third-order valence-electron chi connectivity index (χ3n) is 3.81. The molecule has 1 aromatic rings. The Kier molecular flexibility index (Phi) is 6.62. The third-order valence-corrected chi connectivity index (χ3v) is 3.81. The summed E-state index contributed by atoms with van der Waals surface area (Å²) < 4.78 is 14.1. The summed E-state index contributed by atoms with van der Waals surface area (Å²) in [6, 6.07) is 0. The van der Waals surface area contributed by atoms with Crippen LogP contribution in [0.25, 0.3) is 11.1 Å². The molecule has 0 bridgehead atoms. The number of nitrogens with zero attached hydrogens (tertiary/aromatic N) is 2. The molecule has 0 spiro atoms. The molecule has 0 atom stereocenters. The van der Waals surface area contributed by atoms with Crippen LogP contribution in [0.15, 0.2) is 42.7 Å². The Morgan fingerprint density at radius 1 is 1.42 bits per heavy atom. The molecule has 8 heteroatoms. The normalized spacial score (nSPS) is 16.1. The number of carbonyl (C=O) groups excluding carboxylic acids is 1. The predicted octanol–water partition coefficient (Wildman–Crippen LogP) is 2.89. The van der Waals surface area contributed by atoms with E-state index in [9.17, 15) is 9.18 Å². The zero-order valence-electron chi connectivity index (χ0n) is 14.7. The summed E-state index contributed by atoms with van der Waals surface area (Å²) in [5.74, 6) is -0.398. The maximum atomic E-state index is 14.1. The van der Waals surface area contributed by atoms with Gasteiger partial charge in [-0.1, -0.05) is 12.2 Å². The number of hydrogen-bond donors (Lipinski definition) is 4. The number of carbonyl (C=O) groups is 1. The highest BCUT2D eigenvalue weighted by Gasteiger charge is 2.30. The second-order valence-corrected chi connectivity index (χ2v) is 5.77. The molecule has 0 aliphatic heterocycles. The van der Waals surface area contributed by atoms with Gasteiger partial charge >= 0.3 is 0 Å². The second-order valence-electron chi connectivity index (χ2n) is 5.77. The first-order chi connectivity index (χ1) is 12.5. The number of nitrogens with one attached hydrogen (secondary N) is 2. The van der Waals surface area contributed by atoms with Gasteiger partial charge in [0.05, 0.1) is 17.6 Å². The molecule has 1 aliphatic carbocycles. The lowest BCUT2D eigenvalue weighted by molar-refractivity contribution is -0.117. The minimum atomic E-state index is -0.627. The minimum Gasteiger partial charge on any atom is -0.402 e. The molecule has 138 valence electrons. The predicted molar refractivity (Wildman–Crippen MR) is 98.1 cm³/mol. The molecule has 0 saturated heterocycles. The van der Waals surface area contributed by atoms with Crippen LogP contribution in [0, 0.1) is 5.92 Å². The topological polar surface area (TPSA) is 113 Å². The summed E-state index contributed by atoms with van der Waals surface area (Å²) in [4.78, 5) is 20.7. The van der Waals surface area contributed by atoms with Crippen molar-refractivity contribution in [3.05, 3.63) is 54.0 Å². The summed E-state index contributed by atoms with van der Waals surface area (Å²) in [6.45, 7) is 3.43. The Balaban J connectivity index is 2.47. The van der Waals surface area contributed by atoms with Crippen molar-refractivity contribution >= 4 is 22.9 Å². The zero-order valence-corrected chi connectivity index (χ0v) is 14.7. The second kappa shape index (κ2) is 8.91. The lowest BCUT2D eigenvalue weighted by atomic mass is 10.0. The van der Waals surface area contributed by atoms with Gasteiger partial charge in [-0.25, -0.2) is 9.37 Å². The van der Waals surface area contributed by atoms with Crippen molar-refractivity contribution in [3.8, 4) is 0 Å². The van der Waals surface area contributed by atoms with Crippen LogP contribution in [0.5, 0.6) is 0 Å². The molecule has 1 heterocycles. The number of rotatable bonds is 7. The molecular weight excluding hydrogens is 337 g/mol. The van der Waals surface area contributed by atoms with Gasteiger partial charge in [0.15, 0.2) is 5.82 Å². The van der Waals surface area contributed by atoms with Crippen molar-refractivity contribution in [2.45, 2.75) is 26.7 Å². The first-order valence-corrected chi connectivity index (χ1v) is 8.17. The van der Waals surface area contributed by atoms with E-state index in [0.29, 0.717) is 22.8 Å². The van der Waals surface area contributed by atoms with Crippen molar-refractivity contribution in [3.63, 3.8) is 0 Å². The number of hydrogen-bond acceptors (Lipinski definition) is 6. The van der Waals surface area contributed by atoms with E-state index >= 15 is 0 Å². The van der Waals surface area contributed by atoms with Gasteiger partial charge < -0.3 is 11.1 Å². The molecule has 5 N–H and O–H groups in total. The highest BCUT2D eigenvalue weighted by atomic mass is 19.1. The van der Waals surface area contributed by atoms with E-state index in [0.717, 1.165) is 19.0 Å². The Bertz CT molecular complexity index is 795. The van der Waals surface area contributed by atoms with Crippen molar-refractivity contribution < 1.29 is 14.4 Å². The molecule has 26 heavy (non-hydrogen) atoms. The summed E-state index contributed by atoms with van der Waals surface area (Å²) >= 11 is 0. The van der Waals surface area contributed by atoms with Crippen LogP contribution >= 0.6 is 0 Å². The number of nitrogens with two attached hydrogens (primary N) is 1. The smallest absolute Gasteiger partial charge is 0.228 e.